The van der Waals surface area contributed by atoms with Crippen molar-refractivity contribution in [2.75, 3.05) is 4.90 Å². The molecule has 0 spiro atoms. The van der Waals surface area contributed by atoms with Crippen LogP contribution in [0.5, 0.6) is 0 Å². The Morgan fingerprint density at radius 2 is 1.91 bits per heavy atom. The van der Waals surface area contributed by atoms with Crippen LogP contribution in [0.15, 0.2) is 42.5 Å². The number of hydrogen-bond acceptors (Lipinski definition) is 3. The van der Waals surface area contributed by atoms with Crippen LogP contribution in [0.3, 0.4) is 0 Å². The Hall–Kier alpha value is -2.43. The highest BCUT2D eigenvalue weighted by atomic mass is 16.2. The summed E-state index contributed by atoms with van der Waals surface area (Å²) in [5.74, 6) is -2.10. The number of benzene rings is 1. The van der Waals surface area contributed by atoms with Crippen molar-refractivity contribution in [3.05, 3.63) is 42.5 Å². The number of allylic oxidation sites excluding steroid dienone is 1. The van der Waals surface area contributed by atoms with Crippen LogP contribution < -0.4 is 10.6 Å². The zero-order valence-corrected chi connectivity index (χ0v) is 11.9. The van der Waals surface area contributed by atoms with Gasteiger partial charge in [0.15, 0.2) is 0 Å². The molecule has 0 radical (unpaired) electrons. The predicted molar refractivity (Wildman–Crippen MR) is 79.4 cm³/mol. The average molecular weight is 296 g/mol. The van der Waals surface area contributed by atoms with E-state index in [2.05, 4.69) is 0 Å². The van der Waals surface area contributed by atoms with Crippen LogP contribution in [0, 0.1) is 23.2 Å². The second-order valence-electron chi connectivity index (χ2n) is 6.32. The largest absolute Gasteiger partial charge is 0.369 e. The zero-order chi connectivity index (χ0) is 15.5. The van der Waals surface area contributed by atoms with Gasteiger partial charge in [-0.2, -0.15) is 0 Å². The van der Waals surface area contributed by atoms with Crippen LogP contribution in [0.2, 0.25) is 0 Å². The number of fused-ring (bicyclic) bond motifs is 1. The number of primary amides is 1. The Balaban J connectivity index is 1.84. The van der Waals surface area contributed by atoms with Crippen molar-refractivity contribution in [1.29, 1.82) is 0 Å². The molecule has 1 aliphatic heterocycles. The minimum Gasteiger partial charge on any atom is -0.369 e. The third kappa shape index (κ3) is 1.46. The summed E-state index contributed by atoms with van der Waals surface area (Å²) >= 11 is 0. The van der Waals surface area contributed by atoms with E-state index in [4.69, 9.17) is 5.73 Å². The van der Waals surface area contributed by atoms with Gasteiger partial charge in [-0.15, -0.1) is 0 Å². The summed E-state index contributed by atoms with van der Waals surface area (Å²) < 4.78 is 0. The highest BCUT2D eigenvalue weighted by Gasteiger charge is 2.65. The standard InChI is InChI=1S/C17H16N2O3/c18-16(22)17-8-6-10(7-9-17)12-13(17)15(21)19(14(12)20)11-4-2-1-3-5-11/h1-6,8,10,12-13H,7,9H2,(H2,18,22)/t10-,12+,13+,17-/m1/s1. The quantitative estimate of drug-likeness (QED) is 0.658. The van der Waals surface area contributed by atoms with Crippen LogP contribution in [-0.4, -0.2) is 17.7 Å². The minimum absolute atomic E-state index is 0.0244. The second-order valence-corrected chi connectivity index (χ2v) is 6.32. The number of rotatable bonds is 2. The van der Waals surface area contributed by atoms with Crippen molar-refractivity contribution in [1.82, 2.24) is 0 Å². The summed E-state index contributed by atoms with van der Waals surface area (Å²) in [6.45, 7) is 0. The van der Waals surface area contributed by atoms with Gasteiger partial charge in [0.1, 0.15) is 0 Å². The molecular formula is C17H16N2O3. The van der Waals surface area contributed by atoms with Crippen LogP contribution in [0.1, 0.15) is 12.8 Å². The van der Waals surface area contributed by atoms with Crippen LogP contribution in [0.4, 0.5) is 5.69 Å². The maximum Gasteiger partial charge on any atom is 0.239 e. The molecule has 1 aromatic rings. The molecule has 3 aliphatic carbocycles. The lowest BCUT2D eigenvalue weighted by Crippen LogP contribution is -2.53. The lowest BCUT2D eigenvalue weighted by Gasteiger charge is -2.45. The van der Waals surface area contributed by atoms with Crippen LogP contribution >= 0.6 is 0 Å². The lowest BCUT2D eigenvalue weighted by molar-refractivity contribution is -0.141. The van der Waals surface area contributed by atoms with Gasteiger partial charge < -0.3 is 5.73 Å². The summed E-state index contributed by atoms with van der Waals surface area (Å²) in [6.07, 6.45) is 4.94. The predicted octanol–water partition coefficient (Wildman–Crippen LogP) is 1.24. The maximum atomic E-state index is 12.9. The Morgan fingerprint density at radius 3 is 2.50 bits per heavy atom. The molecule has 4 atom stereocenters. The van der Waals surface area contributed by atoms with Crippen LogP contribution in [-0.2, 0) is 14.4 Å². The molecule has 1 saturated heterocycles. The lowest BCUT2D eigenvalue weighted by atomic mass is 9.54. The molecule has 4 aliphatic rings. The van der Waals surface area contributed by atoms with Gasteiger partial charge in [-0.3, -0.25) is 14.4 Å². The van der Waals surface area contributed by atoms with E-state index in [1.165, 1.54) is 4.90 Å². The number of hydrogen-bond donors (Lipinski definition) is 1. The third-order valence-electron chi connectivity index (χ3n) is 5.37. The molecule has 112 valence electrons. The molecule has 5 rings (SSSR count). The summed E-state index contributed by atoms with van der Waals surface area (Å²) in [6, 6.07) is 8.87. The Morgan fingerprint density at radius 1 is 1.18 bits per heavy atom. The zero-order valence-electron chi connectivity index (χ0n) is 11.9. The van der Waals surface area contributed by atoms with Gasteiger partial charge in [-0.05, 0) is 30.9 Å². The molecule has 1 aromatic carbocycles. The molecule has 22 heavy (non-hydrogen) atoms. The fourth-order valence-corrected chi connectivity index (χ4v) is 4.29. The Labute approximate surface area is 127 Å². The molecule has 0 aromatic heterocycles. The monoisotopic (exact) mass is 296 g/mol. The molecule has 1 saturated carbocycles. The third-order valence-corrected chi connectivity index (χ3v) is 5.37. The van der Waals surface area contributed by atoms with Crippen molar-refractivity contribution >= 4 is 23.4 Å². The highest BCUT2D eigenvalue weighted by Crippen LogP contribution is 2.56. The van der Waals surface area contributed by atoms with Gasteiger partial charge in [-0.1, -0.05) is 30.4 Å². The molecule has 5 nitrogen and oxygen atoms in total. The van der Waals surface area contributed by atoms with E-state index >= 15 is 0 Å². The normalized spacial score (nSPS) is 35.8. The van der Waals surface area contributed by atoms with Crippen LogP contribution in [0.25, 0.3) is 0 Å². The molecule has 5 heteroatoms. The Kier molecular flexibility index (Phi) is 2.58. The highest BCUT2D eigenvalue weighted by molar-refractivity contribution is 6.23. The molecular weight excluding hydrogens is 280 g/mol. The number of carbonyl (C=O) groups is 3. The number of amides is 3. The molecule has 3 amide bonds. The fourth-order valence-electron chi connectivity index (χ4n) is 4.29. The summed E-state index contributed by atoms with van der Waals surface area (Å²) in [7, 11) is 0. The first kappa shape index (κ1) is 13.2. The number of para-hydroxylation sites is 1. The van der Waals surface area contributed by atoms with Crippen molar-refractivity contribution in [2.45, 2.75) is 12.8 Å². The van der Waals surface area contributed by atoms with E-state index in [1.54, 1.807) is 30.3 Å². The van der Waals surface area contributed by atoms with Crippen molar-refractivity contribution < 1.29 is 14.4 Å². The van der Waals surface area contributed by atoms with Gasteiger partial charge in [0.25, 0.3) is 0 Å². The summed E-state index contributed by atoms with van der Waals surface area (Å²) in [5.41, 5.74) is 5.17. The number of nitrogens with two attached hydrogens (primary N) is 1. The van der Waals surface area contributed by atoms with E-state index in [-0.39, 0.29) is 17.7 Å². The topological polar surface area (TPSA) is 80.5 Å². The summed E-state index contributed by atoms with van der Waals surface area (Å²) in [5, 5.41) is 0. The first-order chi connectivity index (χ1) is 10.6. The summed E-state index contributed by atoms with van der Waals surface area (Å²) in [4.78, 5) is 39.0. The molecule has 0 unspecified atom stereocenters. The van der Waals surface area contributed by atoms with Gasteiger partial charge in [0.05, 0.1) is 22.9 Å². The molecule has 2 fully saturated rings. The SMILES string of the molecule is NC(=O)[C@]12C=C[C@H](CC1)[C@@H]1C(=O)N(c3ccccc3)C(=O)[C@H]12. The van der Waals surface area contributed by atoms with E-state index in [0.29, 0.717) is 12.1 Å². The first-order valence-corrected chi connectivity index (χ1v) is 7.48. The fraction of sp³-hybridized carbons (Fsp3) is 0.353. The molecule has 2 bridgehead atoms. The maximum absolute atomic E-state index is 12.9. The van der Waals surface area contributed by atoms with Gasteiger partial charge in [0, 0.05) is 0 Å². The van der Waals surface area contributed by atoms with Gasteiger partial charge in [0.2, 0.25) is 17.7 Å². The average Bonchev–Trinajstić information content (AvgIpc) is 2.83. The number of anilines is 1. The Bertz CT molecular complexity index is 712. The number of imide groups is 1. The second kappa shape index (κ2) is 4.29. The van der Waals surface area contributed by atoms with Crippen molar-refractivity contribution in [2.24, 2.45) is 28.9 Å². The minimum atomic E-state index is -1.00. The smallest absolute Gasteiger partial charge is 0.239 e. The van der Waals surface area contributed by atoms with Gasteiger partial charge in [-0.25, -0.2) is 4.90 Å². The van der Waals surface area contributed by atoms with E-state index in [0.717, 1.165) is 6.42 Å². The number of carbonyl (C=O) groups excluding carboxylic acids is 3. The van der Waals surface area contributed by atoms with Crippen molar-refractivity contribution in [3.63, 3.8) is 0 Å². The number of nitrogens with zero attached hydrogens (tertiary/aromatic N) is 1. The van der Waals surface area contributed by atoms with Gasteiger partial charge >= 0.3 is 0 Å². The molecule has 1 heterocycles. The first-order valence-electron chi connectivity index (χ1n) is 7.48. The molecule has 2 N–H and O–H groups in total. The van der Waals surface area contributed by atoms with E-state index in [9.17, 15) is 14.4 Å². The van der Waals surface area contributed by atoms with E-state index in [1.807, 2.05) is 12.1 Å². The van der Waals surface area contributed by atoms with E-state index < -0.39 is 23.2 Å². The van der Waals surface area contributed by atoms with Crippen molar-refractivity contribution in [3.8, 4) is 0 Å².